The SMILES string of the molecule is N#Cc1c(F)cccc1C1CNC1. The Kier molecular flexibility index (Phi) is 1.99. The molecule has 1 aromatic carbocycles. The highest BCUT2D eigenvalue weighted by Crippen LogP contribution is 2.24. The molecular formula is C10H9FN2. The zero-order valence-corrected chi connectivity index (χ0v) is 7.05. The van der Waals surface area contributed by atoms with Crippen molar-refractivity contribution in [1.82, 2.24) is 5.32 Å². The molecule has 0 aliphatic carbocycles. The van der Waals surface area contributed by atoms with Gasteiger partial charge in [0.15, 0.2) is 0 Å². The minimum absolute atomic E-state index is 0.203. The number of halogens is 1. The fourth-order valence-electron chi connectivity index (χ4n) is 1.51. The lowest BCUT2D eigenvalue weighted by Crippen LogP contribution is -2.40. The van der Waals surface area contributed by atoms with Gasteiger partial charge < -0.3 is 5.32 Å². The molecular weight excluding hydrogens is 167 g/mol. The van der Waals surface area contributed by atoms with Crippen LogP contribution in [-0.2, 0) is 0 Å². The Labute approximate surface area is 76.0 Å². The zero-order chi connectivity index (χ0) is 9.26. The molecule has 66 valence electrons. The van der Waals surface area contributed by atoms with Crippen LogP contribution in [0.5, 0.6) is 0 Å². The minimum Gasteiger partial charge on any atom is -0.315 e. The summed E-state index contributed by atoms with van der Waals surface area (Å²) < 4.78 is 13.1. The van der Waals surface area contributed by atoms with Crippen molar-refractivity contribution in [2.75, 3.05) is 13.1 Å². The summed E-state index contributed by atoms with van der Waals surface area (Å²) in [5.41, 5.74) is 1.04. The molecule has 0 spiro atoms. The fraction of sp³-hybridized carbons (Fsp3) is 0.300. The maximum absolute atomic E-state index is 13.1. The quantitative estimate of drug-likeness (QED) is 0.701. The Morgan fingerprint density at radius 1 is 1.46 bits per heavy atom. The summed E-state index contributed by atoms with van der Waals surface area (Å²) in [6.45, 7) is 1.69. The van der Waals surface area contributed by atoms with Gasteiger partial charge in [0.1, 0.15) is 11.9 Å². The Morgan fingerprint density at radius 3 is 2.77 bits per heavy atom. The van der Waals surface area contributed by atoms with Crippen LogP contribution in [0, 0.1) is 17.1 Å². The summed E-state index contributed by atoms with van der Waals surface area (Å²) in [7, 11) is 0. The van der Waals surface area contributed by atoms with Crippen molar-refractivity contribution in [3.05, 3.63) is 35.1 Å². The second-order valence-corrected chi connectivity index (χ2v) is 3.17. The van der Waals surface area contributed by atoms with Crippen LogP contribution in [0.2, 0.25) is 0 Å². The van der Waals surface area contributed by atoms with E-state index in [0.717, 1.165) is 18.7 Å². The molecule has 0 atom stereocenters. The Morgan fingerprint density at radius 2 is 2.23 bits per heavy atom. The van der Waals surface area contributed by atoms with Crippen LogP contribution >= 0.6 is 0 Å². The van der Waals surface area contributed by atoms with E-state index in [1.807, 2.05) is 12.1 Å². The molecule has 1 saturated heterocycles. The standard InChI is InChI=1S/C10H9FN2/c11-10-3-1-2-8(9(10)4-12)7-5-13-6-7/h1-3,7,13H,5-6H2. The number of rotatable bonds is 1. The number of nitrogens with zero attached hydrogens (tertiary/aromatic N) is 1. The van der Waals surface area contributed by atoms with E-state index in [1.54, 1.807) is 6.07 Å². The van der Waals surface area contributed by atoms with Crippen LogP contribution in [0.25, 0.3) is 0 Å². The van der Waals surface area contributed by atoms with Crippen LogP contribution in [0.3, 0.4) is 0 Å². The molecule has 1 N–H and O–H groups in total. The van der Waals surface area contributed by atoms with Gasteiger partial charge in [0, 0.05) is 19.0 Å². The van der Waals surface area contributed by atoms with Gasteiger partial charge in [-0.2, -0.15) is 5.26 Å². The second-order valence-electron chi connectivity index (χ2n) is 3.17. The Balaban J connectivity index is 2.44. The molecule has 3 heteroatoms. The summed E-state index contributed by atoms with van der Waals surface area (Å²) in [6.07, 6.45) is 0. The van der Waals surface area contributed by atoms with Crippen molar-refractivity contribution in [2.45, 2.75) is 5.92 Å². The lowest BCUT2D eigenvalue weighted by atomic mass is 9.90. The summed E-state index contributed by atoms with van der Waals surface area (Å²) >= 11 is 0. The first kappa shape index (κ1) is 8.21. The average molecular weight is 176 g/mol. The molecule has 1 aromatic rings. The molecule has 0 bridgehead atoms. The van der Waals surface area contributed by atoms with Gasteiger partial charge in [-0.15, -0.1) is 0 Å². The third-order valence-electron chi connectivity index (χ3n) is 2.38. The average Bonchev–Trinajstić information content (AvgIpc) is 2.01. The zero-order valence-electron chi connectivity index (χ0n) is 7.05. The second kappa shape index (κ2) is 3.15. The minimum atomic E-state index is -0.410. The lowest BCUT2D eigenvalue weighted by molar-refractivity contribution is 0.445. The normalized spacial score (nSPS) is 16.3. The van der Waals surface area contributed by atoms with Crippen LogP contribution in [-0.4, -0.2) is 13.1 Å². The van der Waals surface area contributed by atoms with Gasteiger partial charge in [-0.25, -0.2) is 4.39 Å². The van der Waals surface area contributed by atoms with Crippen LogP contribution in [0.4, 0.5) is 4.39 Å². The topological polar surface area (TPSA) is 35.8 Å². The largest absolute Gasteiger partial charge is 0.315 e. The number of hydrogen-bond acceptors (Lipinski definition) is 2. The molecule has 2 rings (SSSR count). The third kappa shape index (κ3) is 1.30. The molecule has 2 nitrogen and oxygen atoms in total. The van der Waals surface area contributed by atoms with Gasteiger partial charge >= 0.3 is 0 Å². The first-order valence-corrected chi connectivity index (χ1v) is 4.22. The van der Waals surface area contributed by atoms with Gasteiger partial charge in [-0.05, 0) is 11.6 Å². The van der Waals surface area contributed by atoms with Gasteiger partial charge in [-0.1, -0.05) is 12.1 Å². The van der Waals surface area contributed by atoms with Gasteiger partial charge in [0.25, 0.3) is 0 Å². The van der Waals surface area contributed by atoms with E-state index in [0.29, 0.717) is 5.92 Å². The monoisotopic (exact) mass is 176 g/mol. The first-order valence-electron chi connectivity index (χ1n) is 4.22. The maximum atomic E-state index is 13.1. The summed E-state index contributed by atoms with van der Waals surface area (Å²) in [5, 5.41) is 11.9. The van der Waals surface area contributed by atoms with E-state index < -0.39 is 5.82 Å². The predicted octanol–water partition coefficient (Wildman–Crippen LogP) is 1.38. The number of nitrogens with one attached hydrogen (secondary N) is 1. The van der Waals surface area contributed by atoms with Gasteiger partial charge in [-0.3, -0.25) is 0 Å². The van der Waals surface area contributed by atoms with E-state index in [2.05, 4.69) is 5.32 Å². The number of nitriles is 1. The molecule has 0 unspecified atom stereocenters. The molecule has 1 heterocycles. The molecule has 0 saturated carbocycles. The van der Waals surface area contributed by atoms with Crippen LogP contribution < -0.4 is 5.32 Å². The maximum Gasteiger partial charge on any atom is 0.141 e. The molecule has 0 radical (unpaired) electrons. The highest BCUT2D eigenvalue weighted by Gasteiger charge is 2.22. The number of benzene rings is 1. The summed E-state index contributed by atoms with van der Waals surface area (Å²) in [4.78, 5) is 0. The first-order chi connectivity index (χ1) is 6.33. The highest BCUT2D eigenvalue weighted by molar-refractivity contribution is 5.42. The van der Waals surface area contributed by atoms with Crippen molar-refractivity contribution in [2.24, 2.45) is 0 Å². The Bertz CT molecular complexity index is 364. The van der Waals surface area contributed by atoms with Crippen molar-refractivity contribution < 1.29 is 4.39 Å². The summed E-state index contributed by atoms with van der Waals surface area (Å²) in [5.74, 6) is -0.0998. The van der Waals surface area contributed by atoms with Gasteiger partial charge in [0.05, 0.1) is 5.56 Å². The molecule has 0 aromatic heterocycles. The van der Waals surface area contributed by atoms with E-state index in [9.17, 15) is 4.39 Å². The van der Waals surface area contributed by atoms with Crippen LogP contribution in [0.1, 0.15) is 17.0 Å². The smallest absolute Gasteiger partial charge is 0.141 e. The summed E-state index contributed by atoms with van der Waals surface area (Å²) in [6, 6.07) is 6.72. The fourth-order valence-corrected chi connectivity index (χ4v) is 1.51. The third-order valence-corrected chi connectivity index (χ3v) is 2.38. The highest BCUT2D eigenvalue weighted by atomic mass is 19.1. The van der Waals surface area contributed by atoms with E-state index in [4.69, 9.17) is 5.26 Å². The molecule has 1 fully saturated rings. The number of hydrogen-bond donors (Lipinski definition) is 1. The molecule has 1 aliphatic rings. The van der Waals surface area contributed by atoms with E-state index in [-0.39, 0.29) is 5.56 Å². The molecule has 0 amide bonds. The van der Waals surface area contributed by atoms with Gasteiger partial charge in [0.2, 0.25) is 0 Å². The van der Waals surface area contributed by atoms with E-state index in [1.165, 1.54) is 6.07 Å². The molecule has 1 aliphatic heterocycles. The molecule has 13 heavy (non-hydrogen) atoms. The van der Waals surface area contributed by atoms with Crippen molar-refractivity contribution in [1.29, 1.82) is 5.26 Å². The Hall–Kier alpha value is -1.40. The van der Waals surface area contributed by atoms with Crippen molar-refractivity contribution >= 4 is 0 Å². The van der Waals surface area contributed by atoms with E-state index >= 15 is 0 Å². The van der Waals surface area contributed by atoms with Crippen molar-refractivity contribution in [3.8, 4) is 6.07 Å². The predicted molar refractivity (Wildman–Crippen MR) is 46.7 cm³/mol. The van der Waals surface area contributed by atoms with Crippen molar-refractivity contribution in [3.63, 3.8) is 0 Å². The van der Waals surface area contributed by atoms with Crippen LogP contribution in [0.15, 0.2) is 18.2 Å². The lowest BCUT2D eigenvalue weighted by Gasteiger charge is -2.28.